The van der Waals surface area contributed by atoms with Crippen molar-refractivity contribution in [2.45, 2.75) is 206 Å². The molecule has 4 N–H and O–H groups in total. The third-order valence-electron chi connectivity index (χ3n) is 23.1. The second-order valence-corrected chi connectivity index (χ2v) is 30.4. The van der Waals surface area contributed by atoms with Gasteiger partial charge < -0.3 is 88.5 Å². The van der Waals surface area contributed by atoms with Gasteiger partial charge in [0.05, 0.1) is 25.4 Å². The summed E-state index contributed by atoms with van der Waals surface area (Å²) in [6.45, 7) is 20.6. The largest absolute Gasteiger partial charge is 0.507 e. The van der Waals surface area contributed by atoms with Gasteiger partial charge in [0, 0.05) is 140 Å². The van der Waals surface area contributed by atoms with E-state index in [0.717, 1.165) is 137 Å². The number of hydrogen-bond donors (Lipinski definition) is 4. The molecule has 4 aromatic carbocycles. The van der Waals surface area contributed by atoms with Gasteiger partial charge in [-0.3, -0.25) is 9.59 Å². The average molecular weight is 1500 g/mol. The molecule has 0 radical (unpaired) electrons. The molecular weight excluding hydrogens is 1380 g/mol. The monoisotopic (exact) mass is 1490 g/mol. The Labute approximate surface area is 635 Å². The van der Waals surface area contributed by atoms with Crippen LogP contribution in [-0.2, 0) is 73.3 Å². The van der Waals surface area contributed by atoms with Gasteiger partial charge in [-0.1, -0.05) is 74.0 Å². The Morgan fingerprint density at radius 1 is 0.454 bits per heavy atom. The van der Waals surface area contributed by atoms with Crippen LogP contribution in [-0.4, -0.2) is 264 Å². The van der Waals surface area contributed by atoms with Crippen molar-refractivity contribution < 1.29 is 77.0 Å². The van der Waals surface area contributed by atoms with Crippen LogP contribution in [0.25, 0.3) is 0 Å². The Bertz CT molecular complexity index is 3690. The van der Waals surface area contributed by atoms with Crippen LogP contribution in [0.2, 0.25) is 0 Å². The Kier molecular flexibility index (Phi) is 28.7. The van der Waals surface area contributed by atoms with Crippen LogP contribution < -0.4 is 10.6 Å². The molecule has 8 amide bonds. The summed E-state index contributed by atoms with van der Waals surface area (Å²) in [4.78, 5) is 121. The minimum Gasteiger partial charge on any atom is -0.507 e. The van der Waals surface area contributed by atoms with E-state index in [-0.39, 0.29) is 97.7 Å². The van der Waals surface area contributed by atoms with Crippen molar-refractivity contribution in [1.82, 2.24) is 39.2 Å². The number of urea groups is 2. The lowest BCUT2D eigenvalue weighted by Crippen LogP contribution is -2.53. The highest BCUT2D eigenvalue weighted by molar-refractivity contribution is 5.92. The summed E-state index contributed by atoms with van der Waals surface area (Å²) in [5, 5.41) is 26.9. The van der Waals surface area contributed by atoms with Crippen molar-refractivity contribution in [2.75, 3.05) is 129 Å². The number of esters is 2. The van der Waals surface area contributed by atoms with Crippen LogP contribution >= 0.6 is 0 Å². The summed E-state index contributed by atoms with van der Waals surface area (Å²) in [5.41, 5.74) is 8.38. The lowest BCUT2D eigenvalue weighted by atomic mass is 9.97. The van der Waals surface area contributed by atoms with E-state index >= 15 is 0 Å². The first kappa shape index (κ1) is 80.3. The molecule has 108 heavy (non-hydrogen) atoms. The molecule has 12 rings (SSSR count). The topological polar surface area (TPSA) is 282 Å². The van der Waals surface area contributed by atoms with E-state index in [0.29, 0.717) is 139 Å². The van der Waals surface area contributed by atoms with Crippen LogP contribution in [0.4, 0.5) is 30.6 Å². The molecule has 8 heterocycles. The van der Waals surface area contributed by atoms with Gasteiger partial charge in [-0.15, -0.1) is 0 Å². The molecule has 0 bridgehead atoms. The molecule has 588 valence electrons. The molecule has 26 nitrogen and oxygen atoms in total. The standard InChI is InChI=1S/C42H59N5O8.C40H55N5O8/c1-4-5-24-53-38(48)28-54-35-15-21-44(22-16-35)33-11-17-45(18-12-33)40(50)37(27-31-25-29(2)39(49)30(3)26-31)55-42(52)46-19-13-34(14-20-46)47-23-10-32-8-6-7-9-36(32)43-41(47)51;1-4-51-36(46)26-52-33-14-20-42(21-15-33)31-10-16-43(17-11-31)38(48)35(25-29-23-27(2)37(47)28(3)24-29)53-40(50)44-18-12-32(13-19-44)45-22-9-30-7-5-6-8-34(30)41-39(45)49/h6-9,25-26,33-35,37,49H,4-5,10-24,27-28H2,1-3H3,(H,43,51);5-8,23-24,31-33,35,47H,4,9-22,25-26H2,1-3H3,(H,41,49)/t37-;35-/m11/s1. The first-order chi connectivity index (χ1) is 52.2. The van der Waals surface area contributed by atoms with E-state index in [9.17, 15) is 48.6 Å². The lowest BCUT2D eigenvalue weighted by molar-refractivity contribution is -0.152. The second kappa shape index (κ2) is 38.6. The number of phenols is 2. The number of carbonyl (C=O) groups is 8. The number of benzene rings is 4. The maximum atomic E-state index is 14.2. The van der Waals surface area contributed by atoms with Crippen LogP contribution in [0.3, 0.4) is 0 Å². The number of ether oxygens (including phenoxy) is 6. The zero-order chi connectivity index (χ0) is 76.4. The molecule has 6 saturated heterocycles. The number of amides is 8. The Balaban J connectivity index is 0.000000215. The normalized spacial score (nSPS) is 19.8. The number of anilines is 2. The van der Waals surface area contributed by atoms with Crippen molar-refractivity contribution >= 4 is 59.4 Å². The number of carbonyl (C=O) groups excluding carboxylic acids is 8. The highest BCUT2D eigenvalue weighted by atomic mass is 16.6. The quantitative estimate of drug-likeness (QED) is 0.0323. The maximum Gasteiger partial charge on any atom is 0.410 e. The van der Waals surface area contributed by atoms with Gasteiger partial charge >= 0.3 is 36.2 Å². The molecule has 0 aromatic heterocycles. The first-order valence-corrected chi connectivity index (χ1v) is 39.6. The number of para-hydroxylation sites is 2. The van der Waals surface area contributed by atoms with Gasteiger partial charge in [-0.2, -0.15) is 0 Å². The maximum absolute atomic E-state index is 14.2. The van der Waals surface area contributed by atoms with E-state index in [2.05, 4.69) is 27.4 Å². The molecule has 26 heteroatoms. The summed E-state index contributed by atoms with van der Waals surface area (Å²) < 4.78 is 34.0. The van der Waals surface area contributed by atoms with Crippen molar-refractivity contribution in [1.29, 1.82) is 0 Å². The van der Waals surface area contributed by atoms with Crippen molar-refractivity contribution in [3.05, 3.63) is 117 Å². The number of rotatable bonds is 22. The molecule has 0 spiro atoms. The fraction of sp³-hybridized carbons (Fsp3) is 0.610. The van der Waals surface area contributed by atoms with Gasteiger partial charge in [-0.25, -0.2) is 28.8 Å². The molecule has 0 saturated carbocycles. The minimum atomic E-state index is -1.01. The number of aryl methyl sites for hydroxylation is 4. The van der Waals surface area contributed by atoms with E-state index in [1.54, 1.807) is 16.7 Å². The highest BCUT2D eigenvalue weighted by Gasteiger charge is 2.40. The number of nitrogens with zero attached hydrogens (tertiary/aromatic N) is 8. The SMILES string of the molecule is CCCCOC(=O)COC1CCN(C2CCN(C(=O)[C@@H](Cc3cc(C)c(O)c(C)c3)OC(=O)N3CCC(N4CCc5ccccc5NC4=O)CC3)CC2)CC1.CCOC(=O)COC1CCN(C2CCN(C(=O)[C@@H](Cc3cc(C)c(O)c(C)c3)OC(=O)N3CCC(N4CCc5ccccc5NC4=O)CC3)CC2)CC1. The van der Waals surface area contributed by atoms with Crippen LogP contribution in [0.15, 0.2) is 72.8 Å². The van der Waals surface area contributed by atoms with Crippen LogP contribution in [0, 0.1) is 27.7 Å². The van der Waals surface area contributed by atoms with Gasteiger partial charge in [0.1, 0.15) is 24.7 Å². The summed E-state index contributed by atoms with van der Waals surface area (Å²) in [6.07, 6.45) is 9.94. The van der Waals surface area contributed by atoms with E-state index < -0.39 is 24.4 Å². The lowest BCUT2D eigenvalue weighted by Gasteiger charge is -2.42. The molecule has 0 aliphatic carbocycles. The van der Waals surface area contributed by atoms with Crippen LogP contribution in [0.1, 0.15) is 148 Å². The fourth-order valence-electron chi connectivity index (χ4n) is 16.8. The minimum absolute atomic E-state index is 0.00190. The first-order valence-electron chi connectivity index (χ1n) is 39.6. The van der Waals surface area contributed by atoms with Gasteiger partial charge in [-0.05, 0) is 188 Å². The zero-order valence-corrected chi connectivity index (χ0v) is 64.2. The summed E-state index contributed by atoms with van der Waals surface area (Å²) in [5.74, 6) is -0.610. The van der Waals surface area contributed by atoms with Gasteiger partial charge in [0.15, 0.2) is 12.2 Å². The smallest absolute Gasteiger partial charge is 0.410 e. The summed E-state index contributed by atoms with van der Waals surface area (Å²) >= 11 is 0. The number of likely N-dealkylation sites (tertiary alicyclic amines) is 6. The van der Waals surface area contributed by atoms with Crippen LogP contribution in [0.5, 0.6) is 11.5 Å². The molecule has 8 aliphatic heterocycles. The molecule has 0 unspecified atom stereocenters. The average Bonchev–Trinajstić information content (AvgIpc) is 1.08. The number of piperidine rings is 6. The number of nitrogens with one attached hydrogen (secondary N) is 2. The fourth-order valence-corrected chi connectivity index (χ4v) is 16.8. The molecule has 2 atom stereocenters. The van der Waals surface area contributed by atoms with E-state index in [4.69, 9.17) is 28.4 Å². The zero-order valence-electron chi connectivity index (χ0n) is 64.2. The van der Waals surface area contributed by atoms with Crippen molar-refractivity contribution in [3.63, 3.8) is 0 Å². The molecule has 6 fully saturated rings. The number of fused-ring (bicyclic) bond motifs is 2. The predicted octanol–water partition coefficient (Wildman–Crippen LogP) is 10.1. The number of hydrogen-bond acceptors (Lipinski definition) is 18. The summed E-state index contributed by atoms with van der Waals surface area (Å²) in [6, 6.07) is 23.6. The van der Waals surface area contributed by atoms with E-state index in [1.165, 1.54) is 0 Å². The third-order valence-corrected chi connectivity index (χ3v) is 23.1. The Hall–Kier alpha value is -8.72. The predicted molar refractivity (Wildman–Crippen MR) is 407 cm³/mol. The second-order valence-electron chi connectivity index (χ2n) is 30.4. The third kappa shape index (κ3) is 21.4. The van der Waals surface area contributed by atoms with Gasteiger partial charge in [0.2, 0.25) is 0 Å². The molecule has 4 aromatic rings. The van der Waals surface area contributed by atoms with Gasteiger partial charge in [0.25, 0.3) is 11.8 Å². The summed E-state index contributed by atoms with van der Waals surface area (Å²) in [7, 11) is 0. The van der Waals surface area contributed by atoms with Crippen molar-refractivity contribution in [3.8, 4) is 11.5 Å². The van der Waals surface area contributed by atoms with E-state index in [1.807, 2.05) is 120 Å². The number of unbranched alkanes of at least 4 members (excludes halogenated alkanes) is 1. The molecule has 8 aliphatic rings. The Morgan fingerprint density at radius 3 is 1.18 bits per heavy atom. The number of phenolic OH excluding ortho intramolecular Hbond substituents is 2. The number of aromatic hydroxyl groups is 2. The molecular formula is C82H114N10O16. The Morgan fingerprint density at radius 2 is 0.806 bits per heavy atom. The highest BCUT2D eigenvalue weighted by Crippen LogP contribution is 2.33. The van der Waals surface area contributed by atoms with Crippen molar-refractivity contribution in [2.24, 2.45) is 0 Å².